The first kappa shape index (κ1) is 11.9. The van der Waals surface area contributed by atoms with Crippen LogP contribution in [0.25, 0.3) is 0 Å². The van der Waals surface area contributed by atoms with Crippen LogP contribution in [-0.4, -0.2) is 5.11 Å². The van der Waals surface area contributed by atoms with Gasteiger partial charge in [0.05, 0.1) is 6.61 Å². The monoisotopic (exact) mass is 252 g/mol. The van der Waals surface area contributed by atoms with Crippen LogP contribution in [-0.2, 0) is 6.61 Å². The van der Waals surface area contributed by atoms with Gasteiger partial charge in [0.1, 0.15) is 5.75 Å². The van der Waals surface area contributed by atoms with Gasteiger partial charge in [-0.05, 0) is 42.0 Å². The number of benzene rings is 2. The lowest BCUT2D eigenvalue weighted by Gasteiger charge is -2.07. The van der Waals surface area contributed by atoms with E-state index in [0.29, 0.717) is 16.3 Å². The van der Waals surface area contributed by atoms with Gasteiger partial charge in [0.15, 0.2) is 11.6 Å². The van der Waals surface area contributed by atoms with Gasteiger partial charge in [-0.15, -0.1) is 0 Å². The van der Waals surface area contributed by atoms with Crippen molar-refractivity contribution in [2.24, 2.45) is 0 Å². The van der Waals surface area contributed by atoms with Crippen molar-refractivity contribution in [2.75, 3.05) is 0 Å². The predicted octanol–water partition coefficient (Wildman–Crippen LogP) is 3.76. The molecule has 2 aromatic rings. The van der Waals surface area contributed by atoms with Crippen molar-refractivity contribution in [3.05, 3.63) is 58.9 Å². The number of ether oxygens (including phenoxy) is 1. The van der Waals surface area contributed by atoms with Gasteiger partial charge in [-0.1, -0.05) is 17.7 Å². The van der Waals surface area contributed by atoms with Crippen molar-refractivity contribution >= 4 is 11.6 Å². The molecule has 17 heavy (non-hydrogen) atoms. The normalized spacial score (nSPS) is 10.3. The first-order valence-electron chi connectivity index (χ1n) is 5.02. The van der Waals surface area contributed by atoms with Gasteiger partial charge < -0.3 is 9.84 Å². The van der Waals surface area contributed by atoms with Crippen LogP contribution in [0.15, 0.2) is 42.5 Å². The summed E-state index contributed by atoms with van der Waals surface area (Å²) in [6.45, 7) is -0.196. The molecule has 0 fully saturated rings. The summed E-state index contributed by atoms with van der Waals surface area (Å²) in [5, 5.41) is 9.44. The fourth-order valence-electron chi connectivity index (χ4n) is 1.36. The van der Waals surface area contributed by atoms with Crippen LogP contribution < -0.4 is 4.74 Å². The summed E-state index contributed by atoms with van der Waals surface area (Å²) in [5.74, 6) is 0.112. The van der Waals surface area contributed by atoms with Crippen molar-refractivity contribution in [1.82, 2.24) is 0 Å². The molecule has 2 nitrogen and oxygen atoms in total. The minimum Gasteiger partial charge on any atom is -0.454 e. The van der Waals surface area contributed by atoms with Gasteiger partial charge in [-0.3, -0.25) is 0 Å². The quantitative estimate of drug-likeness (QED) is 0.901. The minimum atomic E-state index is -0.508. The molecule has 4 heteroatoms. The summed E-state index contributed by atoms with van der Waals surface area (Å²) in [6, 6.07) is 11.0. The van der Waals surface area contributed by atoms with E-state index in [2.05, 4.69) is 0 Å². The van der Waals surface area contributed by atoms with E-state index >= 15 is 0 Å². The number of aliphatic hydroxyl groups excluding tert-OH is 1. The third-order valence-corrected chi connectivity index (χ3v) is 2.47. The number of rotatable bonds is 3. The van der Waals surface area contributed by atoms with Crippen LogP contribution in [0.5, 0.6) is 11.5 Å². The zero-order valence-corrected chi connectivity index (χ0v) is 9.62. The summed E-state index contributed by atoms with van der Waals surface area (Å²) in [7, 11) is 0. The highest BCUT2D eigenvalue weighted by molar-refractivity contribution is 6.30. The Bertz CT molecular complexity index is 511. The molecular formula is C13H10ClFO2. The highest BCUT2D eigenvalue weighted by Crippen LogP contribution is 2.26. The zero-order chi connectivity index (χ0) is 12.3. The van der Waals surface area contributed by atoms with Crippen LogP contribution in [0.3, 0.4) is 0 Å². The lowest BCUT2D eigenvalue weighted by Crippen LogP contribution is -1.91. The zero-order valence-electron chi connectivity index (χ0n) is 8.86. The lowest BCUT2D eigenvalue weighted by atomic mass is 10.2. The summed E-state index contributed by atoms with van der Waals surface area (Å²) in [6.07, 6.45) is 0. The molecule has 2 rings (SSSR count). The Morgan fingerprint density at radius 3 is 2.41 bits per heavy atom. The molecule has 0 aliphatic heterocycles. The molecule has 0 saturated heterocycles. The van der Waals surface area contributed by atoms with Gasteiger partial charge in [0.25, 0.3) is 0 Å². The van der Waals surface area contributed by atoms with Gasteiger partial charge in [0, 0.05) is 5.02 Å². The van der Waals surface area contributed by atoms with Gasteiger partial charge >= 0.3 is 0 Å². The molecule has 1 N–H and O–H groups in total. The van der Waals surface area contributed by atoms with E-state index in [9.17, 15) is 4.39 Å². The lowest BCUT2D eigenvalue weighted by molar-refractivity contribution is 0.281. The van der Waals surface area contributed by atoms with Gasteiger partial charge in [-0.25, -0.2) is 4.39 Å². The van der Waals surface area contributed by atoms with Gasteiger partial charge in [0.2, 0.25) is 0 Å². The Morgan fingerprint density at radius 2 is 1.82 bits per heavy atom. The molecule has 0 aromatic heterocycles. The molecular weight excluding hydrogens is 243 g/mol. The molecule has 88 valence electrons. The third kappa shape index (κ3) is 2.96. The van der Waals surface area contributed by atoms with Crippen molar-refractivity contribution in [2.45, 2.75) is 6.61 Å². The molecule has 0 radical (unpaired) electrons. The van der Waals surface area contributed by atoms with E-state index in [1.54, 1.807) is 30.3 Å². The topological polar surface area (TPSA) is 29.5 Å². The summed E-state index contributed by atoms with van der Waals surface area (Å²) in [5.41, 5.74) is 0.506. The second kappa shape index (κ2) is 5.17. The standard InChI is InChI=1S/C13H10ClFO2/c14-10-2-4-11(5-3-10)17-13-6-1-9(8-16)7-12(13)15/h1-7,16H,8H2. The van der Waals surface area contributed by atoms with Crippen LogP contribution in [0.4, 0.5) is 4.39 Å². The molecule has 0 saturated carbocycles. The van der Waals surface area contributed by atoms with Crippen LogP contribution in [0.2, 0.25) is 5.02 Å². The number of hydrogen-bond acceptors (Lipinski definition) is 2. The Labute approximate surface area is 103 Å². The summed E-state index contributed by atoms with van der Waals surface area (Å²) >= 11 is 5.73. The molecule has 0 amide bonds. The first-order valence-corrected chi connectivity index (χ1v) is 5.39. The second-order valence-corrected chi connectivity index (χ2v) is 3.92. The van der Waals surface area contributed by atoms with Crippen LogP contribution in [0, 0.1) is 5.82 Å². The third-order valence-electron chi connectivity index (χ3n) is 2.22. The Kier molecular flexibility index (Phi) is 3.61. The molecule has 0 atom stereocenters. The average molecular weight is 253 g/mol. The van der Waals surface area contributed by atoms with E-state index in [1.807, 2.05) is 0 Å². The van der Waals surface area contributed by atoms with Crippen molar-refractivity contribution in [3.63, 3.8) is 0 Å². The first-order chi connectivity index (χ1) is 8.19. The fourth-order valence-corrected chi connectivity index (χ4v) is 1.48. The highest BCUT2D eigenvalue weighted by Gasteiger charge is 2.05. The number of hydrogen-bond donors (Lipinski definition) is 1. The Hall–Kier alpha value is -1.58. The Balaban J connectivity index is 2.21. The van der Waals surface area contributed by atoms with E-state index in [0.717, 1.165) is 0 Å². The largest absolute Gasteiger partial charge is 0.454 e. The molecule has 0 spiro atoms. The maximum atomic E-state index is 13.5. The highest BCUT2D eigenvalue weighted by atomic mass is 35.5. The maximum Gasteiger partial charge on any atom is 0.166 e. The van der Waals surface area contributed by atoms with Crippen molar-refractivity contribution in [3.8, 4) is 11.5 Å². The van der Waals surface area contributed by atoms with Crippen LogP contribution >= 0.6 is 11.6 Å². The van der Waals surface area contributed by atoms with Crippen molar-refractivity contribution < 1.29 is 14.2 Å². The smallest absolute Gasteiger partial charge is 0.166 e. The maximum absolute atomic E-state index is 13.5. The molecule has 0 bridgehead atoms. The number of halogens is 2. The summed E-state index contributed by atoms with van der Waals surface area (Å²) in [4.78, 5) is 0. The van der Waals surface area contributed by atoms with E-state index in [-0.39, 0.29) is 12.4 Å². The van der Waals surface area contributed by atoms with Crippen molar-refractivity contribution in [1.29, 1.82) is 0 Å². The molecule has 0 aliphatic carbocycles. The predicted molar refractivity (Wildman–Crippen MR) is 63.8 cm³/mol. The SMILES string of the molecule is OCc1ccc(Oc2ccc(Cl)cc2)c(F)c1. The van der Waals surface area contributed by atoms with Crippen LogP contribution in [0.1, 0.15) is 5.56 Å². The van der Waals surface area contributed by atoms with Gasteiger partial charge in [-0.2, -0.15) is 0 Å². The Morgan fingerprint density at radius 1 is 1.12 bits per heavy atom. The molecule has 0 heterocycles. The molecule has 2 aromatic carbocycles. The molecule has 0 aliphatic rings. The second-order valence-electron chi connectivity index (χ2n) is 3.48. The van der Waals surface area contributed by atoms with E-state index in [1.165, 1.54) is 12.1 Å². The fraction of sp³-hybridized carbons (Fsp3) is 0.0769. The number of aliphatic hydroxyl groups is 1. The minimum absolute atomic E-state index is 0.115. The van der Waals surface area contributed by atoms with E-state index in [4.69, 9.17) is 21.4 Å². The van der Waals surface area contributed by atoms with E-state index < -0.39 is 5.82 Å². The average Bonchev–Trinajstić information content (AvgIpc) is 2.34. The molecule has 0 unspecified atom stereocenters. The summed E-state index contributed by atoms with van der Waals surface area (Å²) < 4.78 is 18.9.